The molecule has 5 heteroatoms. The van der Waals surface area contributed by atoms with Crippen LogP contribution in [0.4, 0.5) is 4.79 Å². The summed E-state index contributed by atoms with van der Waals surface area (Å²) in [7, 11) is 1.32. The highest BCUT2D eigenvalue weighted by Crippen LogP contribution is 2.09. The molecule has 0 spiro atoms. The standard InChI is InChI=1S/C8H14N2O3/c1-3-6-7(11)9-4-5-10(6)8(12)13-2/h6H,3-5H2,1-2H3,(H,9,11). The summed E-state index contributed by atoms with van der Waals surface area (Å²) in [6.07, 6.45) is 0.183. The monoisotopic (exact) mass is 186 g/mol. The minimum absolute atomic E-state index is 0.0980. The predicted molar refractivity (Wildman–Crippen MR) is 46.2 cm³/mol. The first-order valence-corrected chi connectivity index (χ1v) is 4.33. The number of amides is 2. The van der Waals surface area contributed by atoms with Crippen molar-refractivity contribution in [3.8, 4) is 0 Å². The van der Waals surface area contributed by atoms with Crippen molar-refractivity contribution in [3.63, 3.8) is 0 Å². The van der Waals surface area contributed by atoms with E-state index in [0.717, 1.165) is 0 Å². The Morgan fingerprint density at radius 1 is 1.77 bits per heavy atom. The average molecular weight is 186 g/mol. The highest BCUT2D eigenvalue weighted by Gasteiger charge is 2.31. The van der Waals surface area contributed by atoms with E-state index >= 15 is 0 Å². The van der Waals surface area contributed by atoms with E-state index in [0.29, 0.717) is 19.5 Å². The summed E-state index contributed by atoms with van der Waals surface area (Å²) in [6.45, 7) is 2.90. The third kappa shape index (κ3) is 1.91. The van der Waals surface area contributed by atoms with Crippen molar-refractivity contribution < 1.29 is 14.3 Å². The molecular weight excluding hydrogens is 172 g/mol. The van der Waals surface area contributed by atoms with Crippen LogP contribution in [0.1, 0.15) is 13.3 Å². The van der Waals surface area contributed by atoms with E-state index in [4.69, 9.17) is 0 Å². The topological polar surface area (TPSA) is 58.6 Å². The van der Waals surface area contributed by atoms with Crippen LogP contribution in [0.3, 0.4) is 0 Å². The number of nitrogens with zero attached hydrogens (tertiary/aromatic N) is 1. The van der Waals surface area contributed by atoms with E-state index in [1.807, 2.05) is 6.92 Å². The Balaban J connectivity index is 2.70. The zero-order valence-corrected chi connectivity index (χ0v) is 7.87. The van der Waals surface area contributed by atoms with Crippen LogP contribution in [0.25, 0.3) is 0 Å². The van der Waals surface area contributed by atoms with Gasteiger partial charge in [-0.2, -0.15) is 0 Å². The fourth-order valence-corrected chi connectivity index (χ4v) is 1.46. The van der Waals surface area contributed by atoms with E-state index in [9.17, 15) is 9.59 Å². The number of carbonyl (C=O) groups excluding carboxylic acids is 2. The minimum Gasteiger partial charge on any atom is -0.453 e. The summed E-state index contributed by atoms with van der Waals surface area (Å²) >= 11 is 0. The van der Waals surface area contributed by atoms with Gasteiger partial charge in [-0.1, -0.05) is 6.92 Å². The summed E-state index contributed by atoms with van der Waals surface area (Å²) in [5.74, 6) is -0.0980. The molecule has 1 N–H and O–H groups in total. The van der Waals surface area contributed by atoms with Crippen LogP contribution in [0, 0.1) is 0 Å². The SMILES string of the molecule is CCC1C(=O)NCCN1C(=O)OC. The van der Waals surface area contributed by atoms with Gasteiger partial charge < -0.3 is 10.1 Å². The summed E-state index contributed by atoms with van der Waals surface area (Å²) in [4.78, 5) is 24.0. The third-order valence-electron chi connectivity index (χ3n) is 2.13. The average Bonchev–Trinajstić information content (AvgIpc) is 2.16. The number of methoxy groups -OCH3 is 1. The maximum Gasteiger partial charge on any atom is 0.410 e. The zero-order chi connectivity index (χ0) is 9.84. The van der Waals surface area contributed by atoms with Crippen LogP contribution in [-0.4, -0.2) is 43.1 Å². The Morgan fingerprint density at radius 2 is 2.46 bits per heavy atom. The molecule has 1 rings (SSSR count). The molecule has 74 valence electrons. The highest BCUT2D eigenvalue weighted by atomic mass is 16.5. The molecule has 1 heterocycles. The van der Waals surface area contributed by atoms with Crippen molar-refractivity contribution in [1.29, 1.82) is 0 Å². The number of nitrogens with one attached hydrogen (secondary N) is 1. The molecule has 0 radical (unpaired) electrons. The molecule has 0 saturated carbocycles. The van der Waals surface area contributed by atoms with Gasteiger partial charge in [-0.15, -0.1) is 0 Å². The molecule has 0 aromatic heterocycles. The molecule has 2 amide bonds. The number of piperazine rings is 1. The van der Waals surface area contributed by atoms with Crippen molar-refractivity contribution in [3.05, 3.63) is 0 Å². The predicted octanol–water partition coefficient (Wildman–Crippen LogP) is -0.0368. The zero-order valence-electron chi connectivity index (χ0n) is 7.87. The van der Waals surface area contributed by atoms with E-state index in [1.54, 1.807) is 0 Å². The van der Waals surface area contributed by atoms with Gasteiger partial charge in [0.2, 0.25) is 5.91 Å². The molecule has 5 nitrogen and oxygen atoms in total. The summed E-state index contributed by atoms with van der Waals surface area (Å²) in [5.41, 5.74) is 0. The van der Waals surface area contributed by atoms with Gasteiger partial charge in [-0.3, -0.25) is 9.69 Å². The minimum atomic E-state index is -0.429. The largest absolute Gasteiger partial charge is 0.453 e. The lowest BCUT2D eigenvalue weighted by Gasteiger charge is -2.33. The molecule has 1 fully saturated rings. The summed E-state index contributed by atoms with van der Waals surface area (Å²) in [5, 5.41) is 2.70. The number of hydrogen-bond acceptors (Lipinski definition) is 3. The fraction of sp³-hybridized carbons (Fsp3) is 0.750. The second-order valence-electron chi connectivity index (χ2n) is 2.88. The van der Waals surface area contributed by atoms with Crippen molar-refractivity contribution in [2.24, 2.45) is 0 Å². The lowest BCUT2D eigenvalue weighted by molar-refractivity contribution is -0.128. The van der Waals surface area contributed by atoms with Gasteiger partial charge in [0.05, 0.1) is 7.11 Å². The van der Waals surface area contributed by atoms with E-state index < -0.39 is 6.09 Å². The number of rotatable bonds is 1. The summed E-state index contributed by atoms with van der Waals surface area (Å²) in [6, 6.07) is -0.374. The van der Waals surface area contributed by atoms with Crippen LogP contribution in [0.2, 0.25) is 0 Å². The molecule has 1 saturated heterocycles. The van der Waals surface area contributed by atoms with Gasteiger partial charge in [0.25, 0.3) is 0 Å². The Bertz CT molecular complexity index is 217. The van der Waals surface area contributed by atoms with Crippen molar-refractivity contribution in [2.75, 3.05) is 20.2 Å². The molecule has 0 aliphatic carbocycles. The van der Waals surface area contributed by atoms with E-state index in [2.05, 4.69) is 10.1 Å². The molecule has 0 bridgehead atoms. The fourth-order valence-electron chi connectivity index (χ4n) is 1.46. The molecule has 1 aliphatic heterocycles. The molecule has 0 aromatic carbocycles. The molecule has 1 aliphatic rings. The van der Waals surface area contributed by atoms with Gasteiger partial charge in [-0.25, -0.2) is 4.79 Å². The Morgan fingerprint density at radius 3 is 3.00 bits per heavy atom. The first-order chi connectivity index (χ1) is 6.20. The molecule has 1 atom stereocenters. The van der Waals surface area contributed by atoms with Gasteiger partial charge in [0, 0.05) is 13.1 Å². The second-order valence-corrected chi connectivity index (χ2v) is 2.88. The number of ether oxygens (including phenoxy) is 1. The van der Waals surface area contributed by atoms with Crippen molar-refractivity contribution >= 4 is 12.0 Å². The number of carbonyl (C=O) groups is 2. The van der Waals surface area contributed by atoms with E-state index in [1.165, 1.54) is 12.0 Å². The Hall–Kier alpha value is -1.26. The molecule has 13 heavy (non-hydrogen) atoms. The van der Waals surface area contributed by atoms with Gasteiger partial charge >= 0.3 is 6.09 Å². The quantitative estimate of drug-likeness (QED) is 0.625. The second kappa shape index (κ2) is 4.11. The van der Waals surface area contributed by atoms with E-state index in [-0.39, 0.29) is 11.9 Å². The van der Waals surface area contributed by atoms with Crippen molar-refractivity contribution in [1.82, 2.24) is 10.2 Å². The van der Waals surface area contributed by atoms with Gasteiger partial charge in [0.1, 0.15) is 6.04 Å². The lowest BCUT2D eigenvalue weighted by atomic mass is 10.1. The first kappa shape index (κ1) is 9.83. The van der Waals surface area contributed by atoms with Crippen LogP contribution in [0.5, 0.6) is 0 Å². The van der Waals surface area contributed by atoms with Gasteiger partial charge in [-0.05, 0) is 6.42 Å². The molecular formula is C8H14N2O3. The number of hydrogen-bond donors (Lipinski definition) is 1. The Labute approximate surface area is 77.0 Å². The molecule has 0 aromatic rings. The van der Waals surface area contributed by atoms with Crippen LogP contribution < -0.4 is 5.32 Å². The third-order valence-corrected chi connectivity index (χ3v) is 2.13. The summed E-state index contributed by atoms with van der Waals surface area (Å²) < 4.78 is 4.58. The maximum atomic E-state index is 11.3. The smallest absolute Gasteiger partial charge is 0.410 e. The van der Waals surface area contributed by atoms with Crippen molar-refractivity contribution in [2.45, 2.75) is 19.4 Å². The van der Waals surface area contributed by atoms with Crippen LogP contribution in [-0.2, 0) is 9.53 Å². The first-order valence-electron chi connectivity index (χ1n) is 4.33. The molecule has 1 unspecified atom stereocenters. The lowest BCUT2D eigenvalue weighted by Crippen LogP contribution is -2.56. The Kier molecular flexibility index (Phi) is 3.11. The maximum absolute atomic E-state index is 11.3. The highest BCUT2D eigenvalue weighted by molar-refractivity contribution is 5.86. The van der Waals surface area contributed by atoms with Gasteiger partial charge in [0.15, 0.2) is 0 Å². The van der Waals surface area contributed by atoms with Crippen LogP contribution >= 0.6 is 0 Å². The normalized spacial score (nSPS) is 22.5. The van der Waals surface area contributed by atoms with Crippen LogP contribution in [0.15, 0.2) is 0 Å².